The number of carbonyl (C=O) groups excluding carboxylic acids is 3. The Balaban J connectivity index is 1.94. The summed E-state index contributed by atoms with van der Waals surface area (Å²) in [6.45, 7) is 2.41. The number of nitrogens with zero attached hydrogens (tertiary/aromatic N) is 1. The van der Waals surface area contributed by atoms with Gasteiger partial charge in [-0.2, -0.15) is 0 Å². The molecule has 0 saturated carbocycles. The number of hydrogen-bond donors (Lipinski definition) is 1. The van der Waals surface area contributed by atoms with Gasteiger partial charge >= 0.3 is 0 Å². The van der Waals surface area contributed by atoms with Crippen molar-refractivity contribution in [2.75, 3.05) is 13.2 Å². The fourth-order valence-corrected chi connectivity index (χ4v) is 2.70. The molecule has 2 amide bonds. The van der Waals surface area contributed by atoms with Crippen molar-refractivity contribution in [2.45, 2.75) is 44.8 Å². The molecule has 2 rings (SSSR count). The van der Waals surface area contributed by atoms with Crippen LogP contribution in [0.4, 0.5) is 0 Å². The van der Waals surface area contributed by atoms with Crippen molar-refractivity contribution in [1.29, 1.82) is 0 Å². The highest BCUT2D eigenvalue weighted by Gasteiger charge is 2.43. The smallest absolute Gasteiger partial charge is 0.223 e. The van der Waals surface area contributed by atoms with E-state index in [4.69, 9.17) is 10.5 Å². The van der Waals surface area contributed by atoms with E-state index in [-0.39, 0.29) is 36.7 Å². The Labute approximate surface area is 112 Å². The first-order chi connectivity index (χ1) is 9.00. The van der Waals surface area contributed by atoms with Crippen LogP contribution in [0.25, 0.3) is 0 Å². The van der Waals surface area contributed by atoms with Gasteiger partial charge in [0.2, 0.25) is 11.8 Å². The van der Waals surface area contributed by atoms with Crippen LogP contribution >= 0.6 is 0 Å². The SMILES string of the molecule is CC(CCC(=O)N1CCC[C@@H]2OCC(=O)C21)C(N)=O. The summed E-state index contributed by atoms with van der Waals surface area (Å²) in [5.74, 6) is -0.813. The van der Waals surface area contributed by atoms with Gasteiger partial charge in [0.25, 0.3) is 0 Å². The largest absolute Gasteiger partial charge is 0.369 e. The minimum Gasteiger partial charge on any atom is -0.369 e. The van der Waals surface area contributed by atoms with E-state index >= 15 is 0 Å². The summed E-state index contributed by atoms with van der Waals surface area (Å²) < 4.78 is 5.40. The molecule has 0 aliphatic carbocycles. The Morgan fingerprint density at radius 1 is 1.53 bits per heavy atom. The molecule has 0 aromatic rings. The van der Waals surface area contributed by atoms with Crippen LogP contribution in [0.5, 0.6) is 0 Å². The van der Waals surface area contributed by atoms with Gasteiger partial charge in [0.15, 0.2) is 5.78 Å². The molecule has 6 nitrogen and oxygen atoms in total. The third kappa shape index (κ3) is 2.94. The minimum atomic E-state index is -0.412. The molecule has 19 heavy (non-hydrogen) atoms. The number of rotatable bonds is 4. The lowest BCUT2D eigenvalue weighted by molar-refractivity contribution is -0.141. The van der Waals surface area contributed by atoms with Crippen molar-refractivity contribution in [3.05, 3.63) is 0 Å². The van der Waals surface area contributed by atoms with Crippen LogP contribution in [0.3, 0.4) is 0 Å². The second kappa shape index (κ2) is 5.69. The average Bonchev–Trinajstić information content (AvgIpc) is 2.77. The van der Waals surface area contributed by atoms with Gasteiger partial charge < -0.3 is 15.4 Å². The summed E-state index contributed by atoms with van der Waals surface area (Å²) in [5.41, 5.74) is 5.17. The topological polar surface area (TPSA) is 89.7 Å². The van der Waals surface area contributed by atoms with Gasteiger partial charge in [-0.25, -0.2) is 0 Å². The van der Waals surface area contributed by atoms with Crippen molar-refractivity contribution >= 4 is 17.6 Å². The maximum Gasteiger partial charge on any atom is 0.223 e. The Bertz CT molecular complexity index is 396. The molecule has 0 aromatic heterocycles. The summed E-state index contributed by atoms with van der Waals surface area (Å²) in [6.07, 6.45) is 2.22. The van der Waals surface area contributed by atoms with E-state index in [1.807, 2.05) is 0 Å². The van der Waals surface area contributed by atoms with E-state index in [2.05, 4.69) is 0 Å². The summed E-state index contributed by atoms with van der Waals surface area (Å²) in [6, 6.07) is -0.412. The van der Waals surface area contributed by atoms with Crippen LogP contribution in [-0.2, 0) is 19.1 Å². The first-order valence-electron chi connectivity index (χ1n) is 6.74. The molecular weight excluding hydrogens is 248 g/mol. The molecule has 0 spiro atoms. The molecule has 6 heteroatoms. The second-order valence-electron chi connectivity index (χ2n) is 5.33. The van der Waals surface area contributed by atoms with Crippen LogP contribution in [0.2, 0.25) is 0 Å². The zero-order valence-electron chi connectivity index (χ0n) is 11.1. The van der Waals surface area contributed by atoms with Gasteiger partial charge in [-0.15, -0.1) is 0 Å². The number of ketones is 1. The lowest BCUT2D eigenvalue weighted by Gasteiger charge is -2.35. The van der Waals surface area contributed by atoms with E-state index in [0.717, 1.165) is 12.8 Å². The lowest BCUT2D eigenvalue weighted by atomic mass is 9.96. The van der Waals surface area contributed by atoms with Gasteiger partial charge in [-0.3, -0.25) is 14.4 Å². The van der Waals surface area contributed by atoms with Crippen molar-refractivity contribution in [2.24, 2.45) is 11.7 Å². The van der Waals surface area contributed by atoms with Gasteiger partial charge in [0, 0.05) is 18.9 Å². The van der Waals surface area contributed by atoms with Crippen LogP contribution in [0.1, 0.15) is 32.6 Å². The molecule has 3 atom stereocenters. The zero-order chi connectivity index (χ0) is 14.0. The number of piperidine rings is 1. The number of Topliss-reactive ketones (excluding diaryl/α,β-unsaturated/α-hetero) is 1. The molecule has 2 heterocycles. The Kier molecular flexibility index (Phi) is 4.19. The van der Waals surface area contributed by atoms with E-state index in [1.165, 1.54) is 0 Å². The predicted octanol–water partition coefficient (Wildman–Crippen LogP) is -0.153. The number of ether oxygens (including phenoxy) is 1. The maximum atomic E-state index is 12.2. The Morgan fingerprint density at radius 2 is 2.26 bits per heavy atom. The summed E-state index contributed by atoms with van der Waals surface area (Å²) in [4.78, 5) is 36.5. The number of amides is 2. The van der Waals surface area contributed by atoms with Crippen molar-refractivity contribution in [3.63, 3.8) is 0 Å². The monoisotopic (exact) mass is 268 g/mol. The molecule has 2 aliphatic rings. The molecule has 0 radical (unpaired) electrons. The molecule has 2 unspecified atom stereocenters. The maximum absolute atomic E-state index is 12.2. The molecule has 106 valence electrons. The van der Waals surface area contributed by atoms with Crippen LogP contribution < -0.4 is 5.73 Å². The molecule has 2 fully saturated rings. The van der Waals surface area contributed by atoms with Gasteiger partial charge in [0.1, 0.15) is 12.6 Å². The minimum absolute atomic E-state index is 0.0130. The first-order valence-corrected chi connectivity index (χ1v) is 6.74. The predicted molar refractivity (Wildman–Crippen MR) is 67.1 cm³/mol. The highest BCUT2D eigenvalue weighted by molar-refractivity contribution is 5.92. The molecule has 2 saturated heterocycles. The van der Waals surface area contributed by atoms with E-state index < -0.39 is 11.9 Å². The van der Waals surface area contributed by atoms with Crippen molar-refractivity contribution in [1.82, 2.24) is 4.90 Å². The van der Waals surface area contributed by atoms with Gasteiger partial charge in [0.05, 0.1) is 6.10 Å². The Morgan fingerprint density at radius 3 is 2.95 bits per heavy atom. The van der Waals surface area contributed by atoms with Crippen molar-refractivity contribution < 1.29 is 19.1 Å². The summed E-state index contributed by atoms with van der Waals surface area (Å²) in [7, 11) is 0. The number of carbonyl (C=O) groups is 3. The van der Waals surface area contributed by atoms with E-state index in [9.17, 15) is 14.4 Å². The highest BCUT2D eigenvalue weighted by Crippen LogP contribution is 2.27. The number of likely N-dealkylation sites (tertiary alicyclic amines) is 1. The fraction of sp³-hybridized carbons (Fsp3) is 0.769. The standard InChI is InChI=1S/C13H20N2O4/c1-8(13(14)18)4-5-11(17)15-6-2-3-10-12(15)9(16)7-19-10/h8,10,12H,2-7H2,1H3,(H2,14,18)/t8?,10-,12?/m0/s1. The fourth-order valence-electron chi connectivity index (χ4n) is 2.70. The number of nitrogens with two attached hydrogens (primary N) is 1. The molecule has 2 N–H and O–H groups in total. The second-order valence-corrected chi connectivity index (χ2v) is 5.33. The van der Waals surface area contributed by atoms with Gasteiger partial charge in [-0.05, 0) is 19.3 Å². The quantitative estimate of drug-likeness (QED) is 0.767. The van der Waals surface area contributed by atoms with Crippen LogP contribution in [0, 0.1) is 5.92 Å². The first kappa shape index (κ1) is 14.0. The highest BCUT2D eigenvalue weighted by atomic mass is 16.5. The third-order valence-corrected chi connectivity index (χ3v) is 3.94. The molecule has 0 bridgehead atoms. The summed E-state index contributed by atoms with van der Waals surface area (Å²) >= 11 is 0. The van der Waals surface area contributed by atoms with Crippen molar-refractivity contribution in [3.8, 4) is 0 Å². The molecule has 0 aromatic carbocycles. The lowest BCUT2D eigenvalue weighted by Crippen LogP contribution is -2.52. The van der Waals surface area contributed by atoms with Gasteiger partial charge in [-0.1, -0.05) is 6.92 Å². The normalized spacial score (nSPS) is 28.1. The van der Waals surface area contributed by atoms with E-state index in [0.29, 0.717) is 13.0 Å². The van der Waals surface area contributed by atoms with Crippen LogP contribution in [-0.4, -0.2) is 47.8 Å². The number of hydrogen-bond acceptors (Lipinski definition) is 4. The Hall–Kier alpha value is -1.43. The van der Waals surface area contributed by atoms with E-state index in [1.54, 1.807) is 11.8 Å². The molecule has 2 aliphatic heterocycles. The summed E-state index contributed by atoms with van der Waals surface area (Å²) in [5, 5.41) is 0. The number of primary amides is 1. The van der Waals surface area contributed by atoms with Crippen LogP contribution in [0.15, 0.2) is 0 Å². The third-order valence-electron chi connectivity index (χ3n) is 3.94. The average molecular weight is 268 g/mol. The molecular formula is C13H20N2O4. The zero-order valence-corrected chi connectivity index (χ0v) is 11.1. The number of fused-ring (bicyclic) bond motifs is 1.